The van der Waals surface area contributed by atoms with Crippen molar-refractivity contribution in [2.45, 2.75) is 23.3 Å². The molecule has 10 heteroatoms. The highest BCUT2D eigenvalue weighted by Crippen LogP contribution is 2.39. The first kappa shape index (κ1) is 19.6. The summed E-state index contributed by atoms with van der Waals surface area (Å²) in [5, 5.41) is 6.01. The van der Waals surface area contributed by atoms with E-state index in [1.54, 1.807) is 18.3 Å². The molecule has 0 spiro atoms. The third kappa shape index (κ3) is 3.41. The van der Waals surface area contributed by atoms with Crippen molar-refractivity contribution in [3.05, 3.63) is 68.6 Å². The maximum absolute atomic E-state index is 13.1. The fraction of sp³-hybridized carbons (Fsp3) is 0.105. The van der Waals surface area contributed by atoms with E-state index in [1.165, 1.54) is 35.6 Å². The fourth-order valence-corrected chi connectivity index (χ4v) is 5.71. The number of rotatable bonds is 3. The molecule has 0 saturated heterocycles. The first-order chi connectivity index (χ1) is 13.8. The Kier molecular flexibility index (Phi) is 4.89. The van der Waals surface area contributed by atoms with Gasteiger partial charge >= 0.3 is 0 Å². The zero-order valence-electron chi connectivity index (χ0n) is 15.0. The standard InChI is InChI=1S/C19H14ClN3O4S2/c1-10-21-8-11(28-10)9-22-18(24)13-6-7-15-17(16(13)20)23-19(25)12-4-2-3-5-14(12)29(15,26)27/h2-8H,9H2,1H3,(H,22,24)(H,23,25). The van der Waals surface area contributed by atoms with Crippen LogP contribution in [0, 0.1) is 6.92 Å². The molecule has 4 rings (SSSR count). The second-order valence-electron chi connectivity index (χ2n) is 6.28. The maximum Gasteiger partial charge on any atom is 0.257 e. The lowest BCUT2D eigenvalue weighted by molar-refractivity contribution is 0.0950. The average Bonchev–Trinajstić information content (AvgIpc) is 3.09. The van der Waals surface area contributed by atoms with Gasteiger partial charge in [0, 0.05) is 11.1 Å². The maximum atomic E-state index is 13.1. The number of sulfone groups is 1. The summed E-state index contributed by atoms with van der Waals surface area (Å²) in [4.78, 5) is 29.9. The van der Waals surface area contributed by atoms with Crippen LogP contribution in [0.15, 0.2) is 52.4 Å². The van der Waals surface area contributed by atoms with Crippen molar-refractivity contribution >= 4 is 50.3 Å². The fourth-order valence-electron chi connectivity index (χ4n) is 3.01. The molecule has 0 saturated carbocycles. The number of hydrogen-bond acceptors (Lipinski definition) is 6. The normalized spacial score (nSPS) is 14.3. The van der Waals surface area contributed by atoms with Crippen molar-refractivity contribution in [3.8, 4) is 0 Å². The molecule has 2 N–H and O–H groups in total. The Hall–Kier alpha value is -2.75. The summed E-state index contributed by atoms with van der Waals surface area (Å²) in [6.07, 6.45) is 1.67. The van der Waals surface area contributed by atoms with E-state index in [0.717, 1.165) is 9.88 Å². The van der Waals surface area contributed by atoms with Crippen LogP contribution in [0.3, 0.4) is 0 Å². The lowest BCUT2D eigenvalue weighted by atomic mass is 10.1. The Morgan fingerprint density at radius 1 is 1.21 bits per heavy atom. The minimum absolute atomic E-state index is 0.0198. The Balaban J connectivity index is 1.73. The highest BCUT2D eigenvalue weighted by molar-refractivity contribution is 7.91. The number of thiazole rings is 1. The van der Waals surface area contributed by atoms with Crippen molar-refractivity contribution < 1.29 is 18.0 Å². The second kappa shape index (κ2) is 7.25. The van der Waals surface area contributed by atoms with E-state index in [-0.39, 0.29) is 38.2 Å². The van der Waals surface area contributed by atoms with Crippen LogP contribution in [0.25, 0.3) is 0 Å². The molecule has 2 amide bonds. The molecular weight excluding hydrogens is 434 g/mol. The Morgan fingerprint density at radius 2 is 1.97 bits per heavy atom. The number of hydrogen-bond donors (Lipinski definition) is 2. The number of fused-ring (bicyclic) bond motifs is 2. The smallest absolute Gasteiger partial charge is 0.257 e. The molecular formula is C19H14ClN3O4S2. The summed E-state index contributed by atoms with van der Waals surface area (Å²) in [6.45, 7) is 2.12. The van der Waals surface area contributed by atoms with Crippen LogP contribution in [0.1, 0.15) is 30.6 Å². The van der Waals surface area contributed by atoms with Crippen molar-refractivity contribution in [2.24, 2.45) is 0 Å². The minimum Gasteiger partial charge on any atom is -0.347 e. The Bertz CT molecular complexity index is 1270. The lowest BCUT2D eigenvalue weighted by Crippen LogP contribution is -2.23. The Labute approximate surface area is 175 Å². The number of anilines is 1. The summed E-state index contributed by atoms with van der Waals surface area (Å²) in [5.74, 6) is -1.10. The highest BCUT2D eigenvalue weighted by atomic mass is 35.5. The topological polar surface area (TPSA) is 105 Å². The zero-order chi connectivity index (χ0) is 20.8. The van der Waals surface area contributed by atoms with Crippen LogP contribution in [-0.2, 0) is 16.4 Å². The van der Waals surface area contributed by atoms with Crippen molar-refractivity contribution in [2.75, 3.05) is 5.32 Å². The quantitative estimate of drug-likeness (QED) is 0.639. The summed E-state index contributed by atoms with van der Waals surface area (Å²) in [5.41, 5.74) is -0.0198. The number of halogens is 1. The van der Waals surface area contributed by atoms with Gasteiger partial charge in [-0.1, -0.05) is 23.7 Å². The van der Waals surface area contributed by atoms with Crippen molar-refractivity contribution in [1.82, 2.24) is 10.3 Å². The molecule has 29 heavy (non-hydrogen) atoms. The van der Waals surface area contributed by atoms with Gasteiger partial charge in [0.05, 0.1) is 43.2 Å². The summed E-state index contributed by atoms with van der Waals surface area (Å²) in [6, 6.07) is 8.53. The number of carbonyl (C=O) groups excluding carboxylic acids is 2. The molecule has 1 aliphatic heterocycles. The van der Waals surface area contributed by atoms with Gasteiger partial charge in [0.1, 0.15) is 0 Å². The first-order valence-corrected chi connectivity index (χ1v) is 11.1. The third-order valence-corrected chi connectivity index (χ3v) is 7.55. The molecule has 1 aliphatic rings. The van der Waals surface area contributed by atoms with Crippen molar-refractivity contribution in [3.63, 3.8) is 0 Å². The molecule has 2 aromatic carbocycles. The minimum atomic E-state index is -3.99. The van der Waals surface area contributed by atoms with Gasteiger partial charge in [0.25, 0.3) is 11.8 Å². The van der Waals surface area contributed by atoms with E-state index in [1.807, 2.05) is 6.92 Å². The SMILES string of the molecule is Cc1ncc(CNC(=O)c2ccc3c(c2Cl)NC(=O)c2ccccc2S3(=O)=O)s1. The number of benzene rings is 2. The zero-order valence-corrected chi connectivity index (χ0v) is 17.4. The molecule has 1 aromatic heterocycles. The molecule has 0 bridgehead atoms. The third-order valence-electron chi connectivity index (χ3n) is 4.39. The van der Waals surface area contributed by atoms with Crippen LogP contribution in [-0.4, -0.2) is 25.2 Å². The van der Waals surface area contributed by atoms with Gasteiger partial charge in [-0.05, 0) is 31.2 Å². The van der Waals surface area contributed by atoms with E-state index in [9.17, 15) is 18.0 Å². The number of aryl methyl sites for hydroxylation is 1. The molecule has 0 unspecified atom stereocenters. The van der Waals surface area contributed by atoms with Gasteiger partial charge in [-0.3, -0.25) is 9.59 Å². The molecule has 2 heterocycles. The summed E-state index contributed by atoms with van der Waals surface area (Å²) >= 11 is 7.82. The molecule has 0 radical (unpaired) electrons. The van der Waals surface area contributed by atoms with Gasteiger partial charge in [-0.15, -0.1) is 11.3 Å². The average molecular weight is 448 g/mol. The van der Waals surface area contributed by atoms with E-state index >= 15 is 0 Å². The van der Waals surface area contributed by atoms with Crippen LogP contribution < -0.4 is 10.6 Å². The molecule has 0 fully saturated rings. The highest BCUT2D eigenvalue weighted by Gasteiger charge is 2.33. The Morgan fingerprint density at radius 3 is 2.69 bits per heavy atom. The molecule has 0 atom stereocenters. The largest absolute Gasteiger partial charge is 0.347 e. The second-order valence-corrected chi connectivity index (χ2v) is 9.87. The summed E-state index contributed by atoms with van der Waals surface area (Å²) < 4.78 is 26.1. The predicted octanol–water partition coefficient (Wildman–Crippen LogP) is 3.43. The molecule has 0 aliphatic carbocycles. The van der Waals surface area contributed by atoms with Crippen LogP contribution in [0.2, 0.25) is 5.02 Å². The van der Waals surface area contributed by atoms with Gasteiger partial charge in [0.2, 0.25) is 9.84 Å². The predicted molar refractivity (Wildman–Crippen MR) is 109 cm³/mol. The van der Waals surface area contributed by atoms with Crippen LogP contribution in [0.4, 0.5) is 5.69 Å². The van der Waals surface area contributed by atoms with Crippen LogP contribution in [0.5, 0.6) is 0 Å². The number of nitrogens with one attached hydrogen (secondary N) is 2. The lowest BCUT2D eigenvalue weighted by Gasteiger charge is -2.13. The van der Waals surface area contributed by atoms with Crippen LogP contribution >= 0.6 is 22.9 Å². The van der Waals surface area contributed by atoms with E-state index < -0.39 is 21.7 Å². The molecule has 3 aromatic rings. The van der Waals surface area contributed by atoms with E-state index in [4.69, 9.17) is 11.6 Å². The number of aromatic nitrogens is 1. The van der Waals surface area contributed by atoms with E-state index in [2.05, 4.69) is 15.6 Å². The van der Waals surface area contributed by atoms with Gasteiger partial charge in [-0.2, -0.15) is 0 Å². The first-order valence-electron chi connectivity index (χ1n) is 8.46. The molecule has 148 valence electrons. The van der Waals surface area contributed by atoms with Gasteiger partial charge < -0.3 is 10.6 Å². The molecule has 7 nitrogen and oxygen atoms in total. The van der Waals surface area contributed by atoms with Crippen molar-refractivity contribution in [1.29, 1.82) is 0 Å². The van der Waals surface area contributed by atoms with Gasteiger partial charge in [-0.25, -0.2) is 13.4 Å². The van der Waals surface area contributed by atoms with Gasteiger partial charge in [0.15, 0.2) is 0 Å². The number of amides is 2. The van der Waals surface area contributed by atoms with E-state index in [0.29, 0.717) is 0 Å². The number of carbonyl (C=O) groups is 2. The monoisotopic (exact) mass is 447 g/mol. The summed E-state index contributed by atoms with van der Waals surface area (Å²) in [7, 11) is -3.99. The number of nitrogens with zero attached hydrogens (tertiary/aromatic N) is 1.